The average Bonchev–Trinajstić information content (AvgIpc) is 2.71. The molecule has 0 fully saturated rings. The van der Waals surface area contributed by atoms with Crippen LogP contribution in [0.2, 0.25) is 10.0 Å². The van der Waals surface area contributed by atoms with Crippen LogP contribution in [0, 0.1) is 0 Å². The molecule has 0 N–H and O–H groups in total. The predicted octanol–water partition coefficient (Wildman–Crippen LogP) is 3.36. The molecule has 10 heavy (non-hydrogen) atoms. The van der Waals surface area contributed by atoms with E-state index >= 15 is 0 Å². The van der Waals surface area contributed by atoms with Crippen molar-refractivity contribution in [2.45, 2.75) is 0 Å². The minimum atomic E-state index is 0.466. The zero-order chi connectivity index (χ0) is 6.88. The van der Waals surface area contributed by atoms with Crippen LogP contribution in [-0.4, -0.2) is 0 Å². The van der Waals surface area contributed by atoms with Crippen LogP contribution >= 0.6 is 23.2 Å². The van der Waals surface area contributed by atoms with Crippen LogP contribution in [0.1, 0.15) is 0 Å². The van der Waals surface area contributed by atoms with Crippen molar-refractivity contribution in [2.24, 2.45) is 0 Å². The molecule has 2 aromatic heterocycles. The summed E-state index contributed by atoms with van der Waals surface area (Å²) < 4.78 is 9.98. The van der Waals surface area contributed by atoms with Crippen LogP contribution in [0.25, 0.3) is 22.3 Å². The first-order valence-electron chi connectivity index (χ1n) is 2.69. The third-order valence-corrected chi connectivity index (χ3v) is 2.35. The van der Waals surface area contributed by atoms with Crippen LogP contribution in [0.15, 0.2) is 8.83 Å². The molecular weight excluding hydrogens is 175 g/mol. The van der Waals surface area contributed by atoms with Gasteiger partial charge in [-0.2, -0.15) is 0 Å². The monoisotopic (exact) mass is 174 g/mol. The van der Waals surface area contributed by atoms with Gasteiger partial charge in [-0.25, -0.2) is 0 Å². The van der Waals surface area contributed by atoms with Crippen molar-refractivity contribution < 1.29 is 8.83 Å². The number of hydrogen-bond donors (Lipinski definition) is 0. The second-order valence-corrected chi connectivity index (χ2v) is 2.90. The van der Waals surface area contributed by atoms with E-state index in [0.29, 0.717) is 21.2 Å². The lowest BCUT2D eigenvalue weighted by molar-refractivity contribution is 0.731. The van der Waals surface area contributed by atoms with Gasteiger partial charge in [0.15, 0.2) is 11.2 Å². The molecule has 0 aliphatic heterocycles. The van der Waals surface area contributed by atoms with Crippen LogP contribution in [0.5, 0.6) is 0 Å². The van der Waals surface area contributed by atoms with Crippen molar-refractivity contribution in [3.8, 4) is 0 Å². The fraction of sp³-hybridized carbons (Fsp3) is 0. The average molecular weight is 175 g/mol. The first-order valence-corrected chi connectivity index (χ1v) is 3.45. The highest BCUT2D eigenvalue weighted by Gasteiger charge is 2.29. The summed E-state index contributed by atoms with van der Waals surface area (Å²) in [5.41, 5.74) is 2.85. The normalized spacial score (nSPS) is 13.0. The molecule has 2 heterocycles. The van der Waals surface area contributed by atoms with E-state index in [4.69, 9.17) is 32.0 Å². The molecule has 0 atom stereocenters. The smallest absolute Gasteiger partial charge is 0.218 e. The van der Waals surface area contributed by atoms with Crippen LogP contribution < -0.4 is 0 Å². The number of rotatable bonds is 0. The standard InChI is InChI=1S/C6Cl2O2/c7-1-2(8)4-6(10-4)5-3(1)9-5. The maximum absolute atomic E-state index is 5.73. The van der Waals surface area contributed by atoms with Crippen molar-refractivity contribution in [1.82, 2.24) is 0 Å². The Kier molecular flexibility index (Phi) is 0.624. The summed E-state index contributed by atoms with van der Waals surface area (Å²) in [6, 6.07) is 0. The minimum Gasteiger partial charge on any atom is -0.444 e. The van der Waals surface area contributed by atoms with Gasteiger partial charge in [0.05, 0.1) is 0 Å². The Hall–Kier alpha value is -0.600. The molecule has 0 saturated carbocycles. The van der Waals surface area contributed by atoms with Gasteiger partial charge in [-0.3, -0.25) is 0 Å². The molecule has 4 heteroatoms. The van der Waals surface area contributed by atoms with E-state index in [0.717, 1.165) is 11.2 Å². The summed E-state index contributed by atoms with van der Waals surface area (Å²) in [7, 11) is 0. The molecule has 1 aromatic carbocycles. The molecule has 3 aromatic rings. The van der Waals surface area contributed by atoms with Gasteiger partial charge in [0.1, 0.15) is 10.0 Å². The first-order chi connectivity index (χ1) is 4.79. The Labute approximate surface area is 64.9 Å². The Morgan fingerprint density at radius 1 is 0.700 bits per heavy atom. The van der Waals surface area contributed by atoms with Gasteiger partial charge >= 0.3 is 0 Å². The summed E-state index contributed by atoms with van der Waals surface area (Å²) in [6.07, 6.45) is 0. The molecule has 0 radical (unpaired) electrons. The molecule has 0 amide bonds. The minimum absolute atomic E-state index is 0.466. The Morgan fingerprint density at radius 2 is 1.10 bits per heavy atom. The van der Waals surface area contributed by atoms with Crippen LogP contribution in [-0.2, 0) is 0 Å². The lowest BCUT2D eigenvalue weighted by Crippen LogP contribution is -1.57. The van der Waals surface area contributed by atoms with Gasteiger partial charge in [-0.15, -0.1) is 0 Å². The SMILES string of the molecule is Clc1c(Cl)c2oc2c2oc12. The zero-order valence-corrected chi connectivity index (χ0v) is 6.08. The van der Waals surface area contributed by atoms with E-state index in [-0.39, 0.29) is 0 Å². The molecule has 0 spiro atoms. The first kappa shape index (κ1) is 5.10. The van der Waals surface area contributed by atoms with Crippen molar-refractivity contribution in [2.75, 3.05) is 0 Å². The van der Waals surface area contributed by atoms with E-state index in [1.807, 2.05) is 0 Å². The molecule has 3 rings (SSSR count). The largest absolute Gasteiger partial charge is 0.444 e. The molecule has 0 saturated heterocycles. The number of halogens is 2. The van der Waals surface area contributed by atoms with Crippen molar-refractivity contribution in [3.05, 3.63) is 10.0 Å². The van der Waals surface area contributed by atoms with Gasteiger partial charge < -0.3 is 8.83 Å². The van der Waals surface area contributed by atoms with E-state index in [2.05, 4.69) is 0 Å². The van der Waals surface area contributed by atoms with Gasteiger partial charge in [0.25, 0.3) is 0 Å². The van der Waals surface area contributed by atoms with Gasteiger partial charge in [-0.1, -0.05) is 23.2 Å². The highest BCUT2D eigenvalue weighted by atomic mass is 35.5. The van der Waals surface area contributed by atoms with Gasteiger partial charge in [0.2, 0.25) is 11.2 Å². The maximum Gasteiger partial charge on any atom is 0.218 e. The van der Waals surface area contributed by atoms with E-state index in [1.54, 1.807) is 0 Å². The van der Waals surface area contributed by atoms with Crippen molar-refractivity contribution in [3.63, 3.8) is 0 Å². The molecule has 2 nitrogen and oxygen atoms in total. The highest BCUT2D eigenvalue weighted by molar-refractivity contribution is 6.49. The second-order valence-electron chi connectivity index (χ2n) is 2.15. The molecule has 0 aliphatic rings. The van der Waals surface area contributed by atoms with Crippen LogP contribution in [0.4, 0.5) is 0 Å². The summed E-state index contributed by atoms with van der Waals surface area (Å²) in [6.45, 7) is 0. The second kappa shape index (κ2) is 1.22. The predicted molar refractivity (Wildman–Crippen MR) is 38.4 cm³/mol. The maximum atomic E-state index is 5.73. The zero-order valence-electron chi connectivity index (χ0n) is 4.57. The van der Waals surface area contributed by atoms with E-state index in [1.165, 1.54) is 0 Å². The summed E-state index contributed by atoms with van der Waals surface area (Å²) in [4.78, 5) is 0. The summed E-state index contributed by atoms with van der Waals surface area (Å²) in [5.74, 6) is 0. The summed E-state index contributed by atoms with van der Waals surface area (Å²) >= 11 is 11.5. The quantitative estimate of drug-likeness (QED) is 0.523. The third kappa shape index (κ3) is 0.404. The topological polar surface area (TPSA) is 26.3 Å². The van der Waals surface area contributed by atoms with Gasteiger partial charge in [0, 0.05) is 0 Å². The fourth-order valence-electron chi connectivity index (χ4n) is 0.940. The van der Waals surface area contributed by atoms with Crippen molar-refractivity contribution in [1.29, 1.82) is 0 Å². The molecular formula is C6Cl2O2. The number of benzene rings is 1. The third-order valence-electron chi connectivity index (χ3n) is 1.54. The van der Waals surface area contributed by atoms with Crippen LogP contribution in [0.3, 0.4) is 0 Å². The Balaban J connectivity index is 2.66. The molecule has 0 bridgehead atoms. The van der Waals surface area contributed by atoms with E-state index in [9.17, 15) is 0 Å². The lowest BCUT2D eigenvalue weighted by atomic mass is 10.4. The lowest BCUT2D eigenvalue weighted by Gasteiger charge is -1.79. The Morgan fingerprint density at radius 3 is 1.50 bits per heavy atom. The Bertz CT molecular complexity index is 433. The van der Waals surface area contributed by atoms with Gasteiger partial charge in [-0.05, 0) is 0 Å². The van der Waals surface area contributed by atoms with Crippen molar-refractivity contribution >= 4 is 45.5 Å². The molecule has 50 valence electrons. The fourth-order valence-corrected chi connectivity index (χ4v) is 1.36. The highest BCUT2D eigenvalue weighted by Crippen LogP contribution is 2.49. The number of fused-ring (bicyclic) bond motifs is 3. The molecule has 0 unspecified atom stereocenters. The number of hydrogen-bond acceptors (Lipinski definition) is 2. The van der Waals surface area contributed by atoms with E-state index < -0.39 is 0 Å². The molecule has 0 aliphatic carbocycles. The summed E-state index contributed by atoms with van der Waals surface area (Å²) in [5, 5.41) is 0.931.